The molecule has 1 atom stereocenters. The SMILES string of the molecule is CCc1ccccc1NC(=O)C[C@@H](C(=O)O)N1CCN(C)CC1. The third kappa shape index (κ3) is 4.77. The van der Waals surface area contributed by atoms with Crippen LogP contribution in [-0.4, -0.2) is 66.1 Å². The largest absolute Gasteiger partial charge is 0.480 e. The monoisotopic (exact) mass is 319 g/mol. The molecule has 0 unspecified atom stereocenters. The molecule has 23 heavy (non-hydrogen) atoms. The maximum Gasteiger partial charge on any atom is 0.321 e. The topological polar surface area (TPSA) is 72.9 Å². The van der Waals surface area contributed by atoms with Gasteiger partial charge in [0.05, 0.1) is 6.42 Å². The van der Waals surface area contributed by atoms with Gasteiger partial charge in [0.25, 0.3) is 0 Å². The number of benzene rings is 1. The molecule has 0 saturated carbocycles. The average molecular weight is 319 g/mol. The van der Waals surface area contributed by atoms with Crippen LogP contribution in [0.15, 0.2) is 24.3 Å². The van der Waals surface area contributed by atoms with Crippen LogP contribution in [0.2, 0.25) is 0 Å². The van der Waals surface area contributed by atoms with E-state index < -0.39 is 12.0 Å². The Morgan fingerprint density at radius 1 is 1.22 bits per heavy atom. The van der Waals surface area contributed by atoms with E-state index >= 15 is 0 Å². The van der Waals surface area contributed by atoms with Gasteiger partial charge in [-0.3, -0.25) is 14.5 Å². The molecule has 0 aromatic heterocycles. The van der Waals surface area contributed by atoms with Crippen molar-refractivity contribution < 1.29 is 14.7 Å². The summed E-state index contributed by atoms with van der Waals surface area (Å²) >= 11 is 0. The Morgan fingerprint density at radius 2 is 1.87 bits per heavy atom. The van der Waals surface area contributed by atoms with E-state index in [0.717, 1.165) is 30.8 Å². The molecular weight excluding hydrogens is 294 g/mol. The van der Waals surface area contributed by atoms with E-state index in [1.54, 1.807) is 0 Å². The molecule has 2 rings (SSSR count). The zero-order valence-electron chi connectivity index (χ0n) is 13.8. The first-order valence-electron chi connectivity index (χ1n) is 8.04. The normalized spacial score (nSPS) is 17.7. The minimum Gasteiger partial charge on any atom is -0.480 e. The van der Waals surface area contributed by atoms with Crippen LogP contribution in [0.3, 0.4) is 0 Å². The Kier molecular flexibility index (Phi) is 6.12. The van der Waals surface area contributed by atoms with Crippen LogP contribution in [0.1, 0.15) is 18.9 Å². The maximum atomic E-state index is 12.3. The number of anilines is 1. The Morgan fingerprint density at radius 3 is 2.48 bits per heavy atom. The van der Waals surface area contributed by atoms with Gasteiger partial charge in [0.2, 0.25) is 5.91 Å². The van der Waals surface area contributed by atoms with Crippen LogP contribution in [0.25, 0.3) is 0 Å². The van der Waals surface area contributed by atoms with E-state index in [2.05, 4.69) is 10.2 Å². The Balaban J connectivity index is 1.99. The van der Waals surface area contributed by atoms with Gasteiger partial charge in [-0.1, -0.05) is 25.1 Å². The quantitative estimate of drug-likeness (QED) is 0.826. The summed E-state index contributed by atoms with van der Waals surface area (Å²) in [4.78, 5) is 27.9. The van der Waals surface area contributed by atoms with Crippen molar-refractivity contribution in [2.75, 3.05) is 38.5 Å². The summed E-state index contributed by atoms with van der Waals surface area (Å²) in [6.45, 7) is 5.02. The second-order valence-corrected chi connectivity index (χ2v) is 5.96. The first kappa shape index (κ1) is 17.4. The molecule has 6 heteroatoms. The van der Waals surface area contributed by atoms with Crippen molar-refractivity contribution in [1.29, 1.82) is 0 Å². The van der Waals surface area contributed by atoms with Gasteiger partial charge in [-0.25, -0.2) is 0 Å². The van der Waals surface area contributed by atoms with E-state index in [9.17, 15) is 14.7 Å². The molecule has 0 radical (unpaired) electrons. The third-order valence-electron chi connectivity index (χ3n) is 4.31. The van der Waals surface area contributed by atoms with E-state index in [0.29, 0.717) is 13.1 Å². The lowest BCUT2D eigenvalue weighted by Crippen LogP contribution is -2.52. The van der Waals surface area contributed by atoms with E-state index in [1.807, 2.05) is 43.1 Å². The molecule has 6 nitrogen and oxygen atoms in total. The molecule has 126 valence electrons. The van der Waals surface area contributed by atoms with Gasteiger partial charge in [-0.05, 0) is 25.1 Å². The number of piperazine rings is 1. The second-order valence-electron chi connectivity index (χ2n) is 5.96. The number of hydrogen-bond donors (Lipinski definition) is 2. The van der Waals surface area contributed by atoms with Crippen molar-refractivity contribution in [2.45, 2.75) is 25.8 Å². The second kappa shape index (κ2) is 8.08. The molecular formula is C17H25N3O3. The van der Waals surface area contributed by atoms with E-state index in [4.69, 9.17) is 0 Å². The number of carbonyl (C=O) groups excluding carboxylic acids is 1. The predicted octanol–water partition coefficient (Wildman–Crippen LogP) is 1.28. The van der Waals surface area contributed by atoms with Gasteiger partial charge in [0.1, 0.15) is 6.04 Å². The van der Waals surface area contributed by atoms with Crippen molar-refractivity contribution in [3.63, 3.8) is 0 Å². The number of nitrogens with one attached hydrogen (secondary N) is 1. The van der Waals surface area contributed by atoms with Crippen LogP contribution < -0.4 is 5.32 Å². The molecule has 1 heterocycles. The first-order valence-corrected chi connectivity index (χ1v) is 8.04. The predicted molar refractivity (Wildman–Crippen MR) is 89.6 cm³/mol. The minimum atomic E-state index is -0.937. The molecule has 1 saturated heterocycles. The van der Waals surface area contributed by atoms with E-state index in [1.165, 1.54) is 0 Å². The lowest BCUT2D eigenvalue weighted by atomic mass is 10.1. The van der Waals surface area contributed by atoms with Gasteiger partial charge in [-0.15, -0.1) is 0 Å². The number of carboxylic acids is 1. The van der Waals surface area contributed by atoms with Crippen molar-refractivity contribution in [3.05, 3.63) is 29.8 Å². The Labute approximate surface area is 137 Å². The van der Waals surface area contributed by atoms with Crippen LogP contribution in [0, 0.1) is 0 Å². The van der Waals surface area contributed by atoms with Gasteiger partial charge in [-0.2, -0.15) is 0 Å². The molecule has 1 aliphatic heterocycles. The van der Waals surface area contributed by atoms with Crippen LogP contribution in [0.4, 0.5) is 5.69 Å². The zero-order chi connectivity index (χ0) is 16.8. The van der Waals surface area contributed by atoms with Gasteiger partial charge in [0, 0.05) is 31.9 Å². The Hall–Kier alpha value is -1.92. The number of aliphatic carboxylic acids is 1. The summed E-state index contributed by atoms with van der Waals surface area (Å²) in [5.41, 5.74) is 1.81. The fraction of sp³-hybridized carbons (Fsp3) is 0.529. The number of nitrogens with zero attached hydrogens (tertiary/aromatic N) is 2. The molecule has 2 N–H and O–H groups in total. The van der Waals surface area contributed by atoms with Crippen molar-refractivity contribution in [1.82, 2.24) is 9.80 Å². The fourth-order valence-electron chi connectivity index (χ4n) is 2.83. The smallest absolute Gasteiger partial charge is 0.321 e. The highest BCUT2D eigenvalue weighted by atomic mass is 16.4. The maximum absolute atomic E-state index is 12.3. The summed E-state index contributed by atoms with van der Waals surface area (Å²) in [6, 6.07) is 6.84. The highest BCUT2D eigenvalue weighted by molar-refractivity contribution is 5.94. The lowest BCUT2D eigenvalue weighted by molar-refractivity contribution is -0.145. The van der Waals surface area contributed by atoms with Gasteiger partial charge < -0.3 is 15.3 Å². The number of rotatable bonds is 6. The molecule has 0 bridgehead atoms. The average Bonchev–Trinajstić information content (AvgIpc) is 2.54. The summed E-state index contributed by atoms with van der Waals surface area (Å²) in [7, 11) is 2.02. The van der Waals surface area contributed by atoms with Crippen LogP contribution in [-0.2, 0) is 16.0 Å². The van der Waals surface area contributed by atoms with Gasteiger partial charge >= 0.3 is 5.97 Å². The number of amides is 1. The number of para-hydroxylation sites is 1. The number of hydrogen-bond acceptors (Lipinski definition) is 4. The van der Waals surface area contributed by atoms with E-state index in [-0.39, 0.29) is 12.3 Å². The van der Waals surface area contributed by atoms with Crippen LogP contribution in [0.5, 0.6) is 0 Å². The molecule has 0 spiro atoms. The molecule has 1 aromatic rings. The standard InChI is InChI=1S/C17H25N3O3/c1-3-13-6-4-5-7-14(13)18-16(21)12-15(17(22)23)20-10-8-19(2)9-11-20/h4-7,15H,3,8-12H2,1-2H3,(H,18,21)(H,22,23)/t15-/m0/s1. The fourth-order valence-corrected chi connectivity index (χ4v) is 2.83. The molecule has 1 aromatic carbocycles. The molecule has 1 fully saturated rings. The highest BCUT2D eigenvalue weighted by Crippen LogP contribution is 2.17. The molecule has 0 aliphatic carbocycles. The first-order chi connectivity index (χ1) is 11.0. The Bertz CT molecular complexity index is 554. The number of aryl methyl sites for hydroxylation is 1. The van der Waals surface area contributed by atoms with Crippen molar-refractivity contribution >= 4 is 17.6 Å². The van der Waals surface area contributed by atoms with Gasteiger partial charge in [0.15, 0.2) is 0 Å². The third-order valence-corrected chi connectivity index (χ3v) is 4.31. The number of likely N-dealkylation sites (N-methyl/N-ethyl adjacent to an activating group) is 1. The summed E-state index contributed by atoms with van der Waals surface area (Å²) in [5.74, 6) is -1.19. The number of carbonyl (C=O) groups is 2. The minimum absolute atomic E-state index is 0.0307. The summed E-state index contributed by atoms with van der Waals surface area (Å²) in [5, 5.41) is 12.3. The van der Waals surface area contributed by atoms with Crippen molar-refractivity contribution in [3.8, 4) is 0 Å². The number of carboxylic acid groups (broad SMARTS) is 1. The zero-order valence-corrected chi connectivity index (χ0v) is 13.8. The van der Waals surface area contributed by atoms with Crippen molar-refractivity contribution in [2.24, 2.45) is 0 Å². The highest BCUT2D eigenvalue weighted by Gasteiger charge is 2.30. The van der Waals surface area contributed by atoms with Crippen LogP contribution >= 0.6 is 0 Å². The molecule has 1 amide bonds. The lowest BCUT2D eigenvalue weighted by Gasteiger charge is -2.35. The molecule has 1 aliphatic rings. The summed E-state index contributed by atoms with van der Waals surface area (Å²) < 4.78 is 0. The summed E-state index contributed by atoms with van der Waals surface area (Å²) in [6.07, 6.45) is 0.786.